The maximum atomic E-state index is 12.1. The van der Waals surface area contributed by atoms with Crippen LogP contribution in [0.25, 0.3) is 11.0 Å². The molecule has 0 atom stereocenters. The number of aliphatic hydroxyl groups is 1. The lowest BCUT2D eigenvalue weighted by Gasteiger charge is -2.34. The van der Waals surface area contributed by atoms with E-state index in [1.54, 1.807) is 18.5 Å². The highest BCUT2D eigenvalue weighted by Crippen LogP contribution is 2.28. The first-order valence-corrected chi connectivity index (χ1v) is 14.5. The van der Waals surface area contributed by atoms with E-state index in [4.69, 9.17) is 4.98 Å². The van der Waals surface area contributed by atoms with Gasteiger partial charge in [0, 0.05) is 61.1 Å². The minimum atomic E-state index is -3.45. The molecule has 0 amide bonds. The first kappa shape index (κ1) is 25.9. The van der Waals surface area contributed by atoms with Gasteiger partial charge in [0.05, 0.1) is 18.9 Å². The molecule has 0 spiro atoms. The third kappa shape index (κ3) is 5.58. The molecule has 200 valence electrons. The molecule has 3 heterocycles. The van der Waals surface area contributed by atoms with E-state index in [-0.39, 0.29) is 6.10 Å². The van der Waals surface area contributed by atoms with Gasteiger partial charge < -0.3 is 19.9 Å². The highest BCUT2D eigenvalue weighted by molar-refractivity contribution is 7.92. The molecule has 1 aliphatic carbocycles. The Kier molecular flexibility index (Phi) is 7.22. The van der Waals surface area contributed by atoms with Crippen LogP contribution in [0, 0.1) is 0 Å². The first-order valence-electron chi connectivity index (χ1n) is 12.7. The van der Waals surface area contributed by atoms with Crippen molar-refractivity contribution in [2.75, 3.05) is 34.9 Å². The second-order valence-corrected chi connectivity index (χ2v) is 11.9. The molecule has 1 aromatic carbocycles. The zero-order valence-electron chi connectivity index (χ0n) is 21.8. The minimum Gasteiger partial charge on any atom is -0.393 e. The fraction of sp³-hybridized carbons (Fsp3) is 0.370. The van der Waals surface area contributed by atoms with Crippen LogP contribution in [0.5, 0.6) is 0 Å². The van der Waals surface area contributed by atoms with Crippen LogP contribution in [0.15, 0.2) is 61.1 Å². The molecule has 4 aromatic rings. The largest absolute Gasteiger partial charge is 0.393 e. The van der Waals surface area contributed by atoms with E-state index < -0.39 is 10.0 Å². The van der Waals surface area contributed by atoms with Gasteiger partial charge in [0.25, 0.3) is 0 Å². The van der Waals surface area contributed by atoms with E-state index in [9.17, 15) is 13.5 Å². The minimum absolute atomic E-state index is 0.162. The van der Waals surface area contributed by atoms with Crippen LogP contribution in [-0.2, 0) is 16.6 Å². The van der Waals surface area contributed by atoms with Gasteiger partial charge in [-0.15, -0.1) is 0 Å². The molecular weight excluding hydrogens is 502 g/mol. The normalized spacial score (nSPS) is 17.9. The van der Waals surface area contributed by atoms with Crippen molar-refractivity contribution >= 4 is 44.2 Å². The number of rotatable bonds is 8. The maximum absolute atomic E-state index is 12.1. The SMILES string of the molecule is CN(c1ccc(Nc2ncc3ccn(Cc4cccnc4N(C)S(C)(=O)=O)c3n2)cc1)C1CCC(O)CC1. The van der Waals surface area contributed by atoms with Crippen LogP contribution in [0.2, 0.25) is 0 Å². The Morgan fingerprint density at radius 2 is 1.79 bits per heavy atom. The van der Waals surface area contributed by atoms with Crippen molar-refractivity contribution in [1.82, 2.24) is 19.5 Å². The van der Waals surface area contributed by atoms with Crippen molar-refractivity contribution in [3.8, 4) is 0 Å². The van der Waals surface area contributed by atoms with Gasteiger partial charge in [-0.05, 0) is 62.1 Å². The summed E-state index contributed by atoms with van der Waals surface area (Å²) in [5.41, 5.74) is 3.50. The number of sulfonamides is 1. The van der Waals surface area contributed by atoms with Crippen LogP contribution >= 0.6 is 0 Å². The van der Waals surface area contributed by atoms with Crippen molar-refractivity contribution in [1.29, 1.82) is 0 Å². The molecule has 1 saturated carbocycles. The van der Waals surface area contributed by atoms with Crippen molar-refractivity contribution in [2.45, 2.75) is 44.4 Å². The molecule has 38 heavy (non-hydrogen) atoms. The summed E-state index contributed by atoms with van der Waals surface area (Å²) in [7, 11) is 0.165. The lowest BCUT2D eigenvalue weighted by atomic mass is 9.92. The third-order valence-electron chi connectivity index (χ3n) is 7.25. The average molecular weight is 536 g/mol. The van der Waals surface area contributed by atoms with Gasteiger partial charge >= 0.3 is 0 Å². The van der Waals surface area contributed by atoms with Crippen molar-refractivity contribution in [2.24, 2.45) is 0 Å². The van der Waals surface area contributed by atoms with Gasteiger partial charge in [-0.2, -0.15) is 4.98 Å². The molecule has 11 heteroatoms. The van der Waals surface area contributed by atoms with Gasteiger partial charge in [-0.1, -0.05) is 6.07 Å². The van der Waals surface area contributed by atoms with Crippen molar-refractivity contribution in [3.63, 3.8) is 0 Å². The highest BCUT2D eigenvalue weighted by atomic mass is 32.2. The predicted molar refractivity (Wildman–Crippen MR) is 151 cm³/mol. The Morgan fingerprint density at radius 3 is 2.50 bits per heavy atom. The van der Waals surface area contributed by atoms with E-state index >= 15 is 0 Å². The number of anilines is 4. The standard InChI is InChI=1S/C27H33N7O3S/c1-32(23-10-12-24(35)13-11-23)22-8-6-21(7-9-22)30-27-29-17-19-14-16-34(26(19)31-27)18-20-5-4-15-28-25(20)33(2)38(3,36)37/h4-9,14-17,23-24,35H,10-13,18H2,1-3H3,(H,29,30,31). The van der Waals surface area contributed by atoms with Crippen molar-refractivity contribution in [3.05, 3.63) is 66.6 Å². The van der Waals surface area contributed by atoms with Crippen LogP contribution in [0.4, 0.5) is 23.1 Å². The Balaban J connectivity index is 1.33. The lowest BCUT2D eigenvalue weighted by Crippen LogP contribution is -2.36. The van der Waals surface area contributed by atoms with Crippen LogP contribution in [0.3, 0.4) is 0 Å². The summed E-state index contributed by atoms with van der Waals surface area (Å²) < 4.78 is 27.4. The highest BCUT2D eigenvalue weighted by Gasteiger charge is 2.23. The predicted octanol–water partition coefficient (Wildman–Crippen LogP) is 3.75. The van der Waals surface area contributed by atoms with Gasteiger partial charge in [0.15, 0.2) is 0 Å². The van der Waals surface area contributed by atoms with E-state index in [1.165, 1.54) is 11.4 Å². The number of benzene rings is 1. The molecule has 0 unspecified atom stereocenters. The first-order chi connectivity index (χ1) is 18.2. The summed E-state index contributed by atoms with van der Waals surface area (Å²) in [4.78, 5) is 15.8. The second kappa shape index (κ2) is 10.6. The fourth-order valence-corrected chi connectivity index (χ4v) is 5.38. The molecule has 5 rings (SSSR count). The molecule has 3 aromatic heterocycles. The number of nitrogens with zero attached hydrogens (tertiary/aromatic N) is 6. The quantitative estimate of drug-likeness (QED) is 0.350. The number of pyridine rings is 1. The number of hydrogen-bond acceptors (Lipinski definition) is 8. The van der Waals surface area contributed by atoms with E-state index in [0.717, 1.165) is 59.9 Å². The summed E-state index contributed by atoms with van der Waals surface area (Å²) in [5, 5.41) is 14.0. The number of fused-ring (bicyclic) bond motifs is 1. The Hall–Kier alpha value is -3.70. The molecule has 0 aliphatic heterocycles. The molecule has 2 N–H and O–H groups in total. The summed E-state index contributed by atoms with van der Waals surface area (Å²) in [5.74, 6) is 0.859. The Morgan fingerprint density at radius 1 is 1.05 bits per heavy atom. The summed E-state index contributed by atoms with van der Waals surface area (Å²) >= 11 is 0. The van der Waals surface area contributed by atoms with E-state index in [1.807, 2.05) is 35.0 Å². The topological polar surface area (TPSA) is 116 Å². The molecular formula is C27H33N7O3S. The summed E-state index contributed by atoms with van der Waals surface area (Å²) in [6, 6.07) is 14.2. The van der Waals surface area contributed by atoms with Gasteiger partial charge in [0.2, 0.25) is 16.0 Å². The Labute approximate surface area is 223 Å². The van der Waals surface area contributed by atoms with Gasteiger partial charge in [-0.3, -0.25) is 4.31 Å². The summed E-state index contributed by atoms with van der Waals surface area (Å²) in [6.45, 7) is 0.405. The van der Waals surface area contributed by atoms with E-state index in [2.05, 4.69) is 39.4 Å². The lowest BCUT2D eigenvalue weighted by molar-refractivity contribution is 0.122. The molecule has 1 fully saturated rings. The molecule has 1 aliphatic rings. The number of aromatic nitrogens is 4. The number of hydrogen-bond donors (Lipinski definition) is 2. The molecule has 0 radical (unpaired) electrons. The third-order valence-corrected chi connectivity index (χ3v) is 8.42. The monoisotopic (exact) mass is 535 g/mol. The van der Waals surface area contributed by atoms with Crippen molar-refractivity contribution < 1.29 is 13.5 Å². The van der Waals surface area contributed by atoms with E-state index in [0.29, 0.717) is 24.4 Å². The number of nitrogens with one attached hydrogen (secondary N) is 1. The van der Waals surface area contributed by atoms with Gasteiger partial charge in [0.1, 0.15) is 11.5 Å². The summed E-state index contributed by atoms with van der Waals surface area (Å²) in [6.07, 6.45) is 9.97. The zero-order valence-corrected chi connectivity index (χ0v) is 22.6. The van der Waals surface area contributed by atoms with Crippen LogP contribution < -0.4 is 14.5 Å². The molecule has 0 saturated heterocycles. The molecule has 0 bridgehead atoms. The van der Waals surface area contributed by atoms with Gasteiger partial charge in [-0.25, -0.2) is 18.4 Å². The average Bonchev–Trinajstić information content (AvgIpc) is 3.30. The zero-order chi connectivity index (χ0) is 26.9. The number of aliphatic hydroxyl groups excluding tert-OH is 1. The Bertz CT molecular complexity index is 1510. The molecule has 10 nitrogen and oxygen atoms in total. The van der Waals surface area contributed by atoms with Crippen LogP contribution in [-0.4, -0.2) is 65.5 Å². The maximum Gasteiger partial charge on any atom is 0.233 e. The second-order valence-electron chi connectivity index (χ2n) is 9.88. The van der Waals surface area contributed by atoms with Crippen LogP contribution in [0.1, 0.15) is 31.2 Å². The fourth-order valence-electron chi connectivity index (χ4n) is 4.90. The smallest absolute Gasteiger partial charge is 0.233 e.